The van der Waals surface area contributed by atoms with Crippen LogP contribution in [-0.4, -0.2) is 23.2 Å². The van der Waals surface area contributed by atoms with E-state index in [1.54, 1.807) is 11.8 Å². The zero-order chi connectivity index (χ0) is 17.2. The van der Waals surface area contributed by atoms with E-state index >= 15 is 0 Å². The van der Waals surface area contributed by atoms with Crippen molar-refractivity contribution in [1.29, 1.82) is 0 Å². The molecule has 126 valence electrons. The fraction of sp³-hybridized carbons (Fsp3) is 0.158. The van der Waals surface area contributed by atoms with E-state index < -0.39 is 0 Å². The van der Waals surface area contributed by atoms with Crippen LogP contribution in [0.25, 0.3) is 0 Å². The lowest BCUT2D eigenvalue weighted by molar-refractivity contribution is 0.103. The molecular formula is C19H17N3OS2. The number of rotatable bonds is 3. The highest BCUT2D eigenvalue weighted by molar-refractivity contribution is 7.99. The zero-order valence-electron chi connectivity index (χ0n) is 13.7. The second kappa shape index (κ2) is 6.90. The summed E-state index contributed by atoms with van der Waals surface area (Å²) in [6.07, 6.45) is 1.82. The molecule has 1 N–H and O–H groups in total. The molecule has 0 spiro atoms. The molecule has 25 heavy (non-hydrogen) atoms. The van der Waals surface area contributed by atoms with Crippen LogP contribution in [0.3, 0.4) is 0 Å². The van der Waals surface area contributed by atoms with Crippen LogP contribution in [0.2, 0.25) is 0 Å². The van der Waals surface area contributed by atoms with Crippen molar-refractivity contribution in [2.24, 2.45) is 0 Å². The van der Waals surface area contributed by atoms with Crippen LogP contribution in [0, 0.1) is 6.92 Å². The van der Waals surface area contributed by atoms with Crippen LogP contribution in [0.1, 0.15) is 15.2 Å². The number of carbonyl (C=O) groups excluding carboxylic acids is 1. The van der Waals surface area contributed by atoms with Gasteiger partial charge >= 0.3 is 0 Å². The minimum absolute atomic E-state index is 0.0714. The number of aromatic nitrogens is 1. The molecule has 1 amide bonds. The third kappa shape index (κ3) is 3.41. The van der Waals surface area contributed by atoms with Gasteiger partial charge in [-0.1, -0.05) is 17.7 Å². The van der Waals surface area contributed by atoms with E-state index in [0.717, 1.165) is 33.7 Å². The minimum Gasteiger partial charge on any atom is -0.330 e. The molecular weight excluding hydrogens is 350 g/mol. The highest BCUT2D eigenvalue weighted by atomic mass is 32.2. The average molecular weight is 367 g/mol. The number of anilines is 3. The largest absolute Gasteiger partial charge is 0.330 e. The molecule has 0 unspecified atom stereocenters. The fourth-order valence-corrected chi connectivity index (χ4v) is 4.58. The number of thioether (sulfide) groups is 1. The first kappa shape index (κ1) is 16.2. The van der Waals surface area contributed by atoms with Gasteiger partial charge in [0.2, 0.25) is 0 Å². The third-order valence-electron chi connectivity index (χ3n) is 3.99. The summed E-state index contributed by atoms with van der Waals surface area (Å²) in [5.74, 6) is 0.921. The summed E-state index contributed by atoms with van der Waals surface area (Å²) in [6.45, 7) is 2.95. The molecule has 3 heterocycles. The van der Waals surface area contributed by atoms with Crippen molar-refractivity contribution in [1.82, 2.24) is 4.98 Å². The number of amides is 1. The van der Waals surface area contributed by atoms with E-state index in [1.807, 2.05) is 55.6 Å². The van der Waals surface area contributed by atoms with Gasteiger partial charge in [-0.15, -0.1) is 23.1 Å². The van der Waals surface area contributed by atoms with Crippen LogP contribution >= 0.6 is 23.1 Å². The Labute approximate surface area is 154 Å². The Kier molecular flexibility index (Phi) is 4.46. The summed E-state index contributed by atoms with van der Waals surface area (Å²) in [6, 6.07) is 15.8. The average Bonchev–Trinajstić information content (AvgIpc) is 3.13. The summed E-state index contributed by atoms with van der Waals surface area (Å²) in [4.78, 5) is 19.9. The van der Waals surface area contributed by atoms with Crippen LogP contribution < -0.4 is 10.2 Å². The Bertz CT molecular complexity index is 905. The van der Waals surface area contributed by atoms with Crippen LogP contribution in [0.4, 0.5) is 16.4 Å². The fourth-order valence-electron chi connectivity index (χ4n) is 2.71. The molecule has 1 aromatic carbocycles. The summed E-state index contributed by atoms with van der Waals surface area (Å²) in [5, 5.41) is 5.08. The van der Waals surface area contributed by atoms with Crippen molar-refractivity contribution >= 4 is 45.4 Å². The SMILES string of the molecule is Cc1ccc(NC(=O)c2ccc(N3CCSc4ncccc43)s2)cc1. The maximum atomic E-state index is 12.5. The van der Waals surface area contributed by atoms with Crippen molar-refractivity contribution < 1.29 is 4.79 Å². The van der Waals surface area contributed by atoms with E-state index in [-0.39, 0.29) is 5.91 Å². The van der Waals surface area contributed by atoms with Crippen LogP contribution in [0.15, 0.2) is 59.8 Å². The van der Waals surface area contributed by atoms with E-state index in [9.17, 15) is 4.79 Å². The maximum Gasteiger partial charge on any atom is 0.265 e. The summed E-state index contributed by atoms with van der Waals surface area (Å²) >= 11 is 3.29. The summed E-state index contributed by atoms with van der Waals surface area (Å²) in [5.41, 5.74) is 3.10. The number of hydrogen-bond donors (Lipinski definition) is 1. The Morgan fingerprint density at radius 1 is 1.16 bits per heavy atom. The monoisotopic (exact) mass is 367 g/mol. The minimum atomic E-state index is -0.0714. The number of nitrogens with one attached hydrogen (secondary N) is 1. The Morgan fingerprint density at radius 2 is 2.00 bits per heavy atom. The highest BCUT2D eigenvalue weighted by Gasteiger charge is 2.21. The van der Waals surface area contributed by atoms with Gasteiger partial charge in [-0.05, 0) is 43.3 Å². The Morgan fingerprint density at radius 3 is 2.84 bits per heavy atom. The van der Waals surface area contributed by atoms with Crippen molar-refractivity contribution in [3.8, 4) is 0 Å². The number of pyridine rings is 1. The van der Waals surface area contributed by atoms with Gasteiger partial charge in [-0.25, -0.2) is 4.98 Å². The lowest BCUT2D eigenvalue weighted by atomic mass is 10.2. The first-order valence-electron chi connectivity index (χ1n) is 8.04. The molecule has 0 aliphatic carbocycles. The van der Waals surface area contributed by atoms with Gasteiger partial charge < -0.3 is 10.2 Å². The Balaban J connectivity index is 1.54. The number of fused-ring (bicyclic) bond motifs is 1. The number of benzene rings is 1. The van der Waals surface area contributed by atoms with E-state index in [4.69, 9.17) is 0 Å². The number of nitrogens with zero attached hydrogens (tertiary/aromatic N) is 2. The quantitative estimate of drug-likeness (QED) is 0.712. The smallest absolute Gasteiger partial charge is 0.265 e. The van der Waals surface area contributed by atoms with E-state index in [0.29, 0.717) is 4.88 Å². The second-order valence-corrected chi connectivity index (χ2v) is 7.93. The van der Waals surface area contributed by atoms with Crippen LogP contribution in [0.5, 0.6) is 0 Å². The molecule has 0 fully saturated rings. The van der Waals surface area contributed by atoms with Gasteiger partial charge in [-0.2, -0.15) is 0 Å². The van der Waals surface area contributed by atoms with Crippen molar-refractivity contribution in [3.63, 3.8) is 0 Å². The van der Waals surface area contributed by atoms with Gasteiger partial charge in [0.1, 0.15) is 5.03 Å². The standard InChI is InChI=1S/C19H17N3OS2/c1-13-4-6-14(7-5-13)21-18(23)16-8-9-17(25-16)22-11-12-24-19-15(22)3-2-10-20-19/h2-10H,11-12H2,1H3,(H,21,23). The topological polar surface area (TPSA) is 45.2 Å². The molecule has 0 radical (unpaired) electrons. The Hall–Kier alpha value is -2.31. The molecule has 2 aromatic heterocycles. The van der Waals surface area contributed by atoms with E-state index in [2.05, 4.69) is 21.3 Å². The first-order chi connectivity index (χ1) is 12.2. The third-order valence-corrected chi connectivity index (χ3v) is 6.07. The van der Waals surface area contributed by atoms with E-state index in [1.165, 1.54) is 16.9 Å². The van der Waals surface area contributed by atoms with Crippen molar-refractivity contribution in [2.45, 2.75) is 11.9 Å². The molecule has 0 atom stereocenters. The summed E-state index contributed by atoms with van der Waals surface area (Å²) < 4.78 is 0. The number of carbonyl (C=O) groups is 1. The zero-order valence-corrected chi connectivity index (χ0v) is 15.4. The molecule has 0 bridgehead atoms. The van der Waals surface area contributed by atoms with Gasteiger partial charge in [-0.3, -0.25) is 4.79 Å². The first-order valence-corrected chi connectivity index (χ1v) is 9.84. The predicted molar refractivity (Wildman–Crippen MR) is 105 cm³/mol. The van der Waals surface area contributed by atoms with Crippen molar-refractivity contribution in [3.05, 3.63) is 65.2 Å². The molecule has 1 aliphatic rings. The lowest BCUT2D eigenvalue weighted by Gasteiger charge is -2.28. The number of aryl methyl sites for hydroxylation is 1. The van der Waals surface area contributed by atoms with Gasteiger partial charge in [0.25, 0.3) is 5.91 Å². The van der Waals surface area contributed by atoms with Gasteiger partial charge in [0.15, 0.2) is 0 Å². The van der Waals surface area contributed by atoms with Gasteiger partial charge in [0, 0.05) is 24.2 Å². The predicted octanol–water partition coefficient (Wildman–Crippen LogP) is 4.95. The number of hydrogen-bond acceptors (Lipinski definition) is 5. The maximum absolute atomic E-state index is 12.5. The molecule has 4 rings (SSSR count). The van der Waals surface area contributed by atoms with Crippen molar-refractivity contribution in [2.75, 3.05) is 22.5 Å². The molecule has 0 saturated carbocycles. The van der Waals surface area contributed by atoms with Crippen LogP contribution in [-0.2, 0) is 0 Å². The molecule has 3 aromatic rings. The summed E-state index contributed by atoms with van der Waals surface area (Å²) in [7, 11) is 0. The highest BCUT2D eigenvalue weighted by Crippen LogP contribution is 2.40. The molecule has 6 heteroatoms. The van der Waals surface area contributed by atoms with Gasteiger partial charge in [0.05, 0.1) is 15.6 Å². The molecule has 4 nitrogen and oxygen atoms in total. The molecule has 0 saturated heterocycles. The molecule has 1 aliphatic heterocycles. The lowest BCUT2D eigenvalue weighted by Crippen LogP contribution is -2.23. The normalized spacial score (nSPS) is 13.4. The number of thiophene rings is 1. The second-order valence-electron chi connectivity index (χ2n) is 5.79.